The largest absolute Gasteiger partial charge is 0.416 e. The molecule has 134 valence electrons. The van der Waals surface area contributed by atoms with E-state index < -0.39 is 11.7 Å². The van der Waals surface area contributed by atoms with Crippen molar-refractivity contribution in [3.05, 3.63) is 65.4 Å². The van der Waals surface area contributed by atoms with Gasteiger partial charge in [-0.15, -0.1) is 0 Å². The van der Waals surface area contributed by atoms with Gasteiger partial charge >= 0.3 is 6.18 Å². The molecule has 1 aromatic rings. The minimum atomic E-state index is -4.34. The zero-order valence-electron chi connectivity index (χ0n) is 14.7. The molecule has 1 saturated carbocycles. The van der Waals surface area contributed by atoms with Crippen LogP contribution in [-0.2, 0) is 6.18 Å². The Kier molecular flexibility index (Phi) is 5.88. The molecule has 5 heteroatoms. The number of hydrogen-bond donors (Lipinski definition) is 1. The first-order valence-corrected chi connectivity index (χ1v) is 8.20. The van der Waals surface area contributed by atoms with Crippen LogP contribution in [0, 0.1) is 0 Å². The number of hydrogen-bond acceptors (Lipinski definition) is 1. The molecule has 2 rings (SSSR count). The molecule has 1 aromatic carbocycles. The Hall–Kier alpha value is -2.30. The molecule has 1 fully saturated rings. The maximum Gasteiger partial charge on any atom is 0.416 e. The van der Waals surface area contributed by atoms with Gasteiger partial charge in [0.15, 0.2) is 0 Å². The van der Waals surface area contributed by atoms with E-state index in [4.69, 9.17) is 0 Å². The van der Waals surface area contributed by atoms with Gasteiger partial charge in [-0.05, 0) is 74.1 Å². The van der Waals surface area contributed by atoms with Gasteiger partial charge in [-0.2, -0.15) is 13.2 Å². The van der Waals surface area contributed by atoms with Crippen molar-refractivity contribution in [1.29, 1.82) is 0 Å². The molecular formula is C20H23F3N2. The first-order chi connectivity index (χ1) is 11.7. The van der Waals surface area contributed by atoms with E-state index >= 15 is 0 Å². The Bertz CT molecular complexity index is 736. The highest BCUT2D eigenvalue weighted by molar-refractivity contribution is 5.81. The zero-order valence-corrected chi connectivity index (χ0v) is 14.7. The van der Waals surface area contributed by atoms with Crippen molar-refractivity contribution in [3.8, 4) is 0 Å². The van der Waals surface area contributed by atoms with E-state index in [2.05, 4.69) is 16.9 Å². The Labute approximate surface area is 146 Å². The van der Waals surface area contributed by atoms with Gasteiger partial charge in [0.25, 0.3) is 0 Å². The molecule has 2 nitrogen and oxygen atoms in total. The third-order valence-corrected chi connectivity index (χ3v) is 4.17. The number of benzene rings is 1. The molecule has 1 aliphatic carbocycles. The van der Waals surface area contributed by atoms with Crippen molar-refractivity contribution < 1.29 is 13.2 Å². The maximum absolute atomic E-state index is 12.9. The van der Waals surface area contributed by atoms with Crippen molar-refractivity contribution in [2.75, 3.05) is 0 Å². The van der Waals surface area contributed by atoms with Gasteiger partial charge in [0, 0.05) is 6.20 Å². The van der Waals surface area contributed by atoms with Crippen LogP contribution < -0.4 is 5.32 Å². The summed E-state index contributed by atoms with van der Waals surface area (Å²) in [6.07, 6.45) is 1.51. The predicted octanol–water partition coefficient (Wildman–Crippen LogP) is 5.74. The lowest BCUT2D eigenvalue weighted by atomic mass is 9.96. The first kappa shape index (κ1) is 19.0. The number of nitrogens with one attached hydrogen (secondary N) is 1. The summed E-state index contributed by atoms with van der Waals surface area (Å²) in [7, 11) is 0. The lowest BCUT2D eigenvalue weighted by Crippen LogP contribution is -2.13. The molecule has 0 unspecified atom stereocenters. The minimum absolute atomic E-state index is 0.453. The molecule has 0 spiro atoms. The lowest BCUT2D eigenvalue weighted by molar-refractivity contribution is -0.137. The fraction of sp³-hybridized carbons (Fsp3) is 0.350. The van der Waals surface area contributed by atoms with Gasteiger partial charge < -0.3 is 5.32 Å². The number of rotatable bonds is 5. The molecule has 0 saturated heterocycles. The summed E-state index contributed by atoms with van der Waals surface area (Å²) in [4.78, 5) is 4.45. The van der Waals surface area contributed by atoms with E-state index in [1.165, 1.54) is 12.1 Å². The maximum atomic E-state index is 12.9. The SMILES string of the molecule is C=C(/C=C\NC(C)=NC1CC1)/C(C)=C(/C)c1cccc(C(F)(F)F)c1. The molecule has 1 N–H and O–H groups in total. The van der Waals surface area contributed by atoms with Crippen molar-refractivity contribution in [1.82, 2.24) is 5.32 Å². The van der Waals surface area contributed by atoms with Gasteiger partial charge in [0.1, 0.15) is 0 Å². The van der Waals surface area contributed by atoms with E-state index in [1.807, 2.05) is 13.8 Å². The normalized spacial score (nSPS) is 16.8. The van der Waals surface area contributed by atoms with Gasteiger partial charge in [0.05, 0.1) is 17.4 Å². The summed E-state index contributed by atoms with van der Waals surface area (Å²) in [5, 5.41) is 3.08. The van der Waals surface area contributed by atoms with E-state index in [0.717, 1.165) is 41.5 Å². The zero-order chi connectivity index (χ0) is 18.6. The summed E-state index contributed by atoms with van der Waals surface area (Å²) < 4.78 is 38.6. The van der Waals surface area contributed by atoms with Crippen molar-refractivity contribution in [2.45, 2.75) is 45.8 Å². The fourth-order valence-electron chi connectivity index (χ4n) is 2.29. The average Bonchev–Trinajstić information content (AvgIpc) is 3.36. The molecule has 0 aliphatic heterocycles. The number of nitrogens with zero attached hydrogens (tertiary/aromatic N) is 1. The lowest BCUT2D eigenvalue weighted by Gasteiger charge is -2.12. The van der Waals surface area contributed by atoms with Crippen LogP contribution in [-0.4, -0.2) is 11.9 Å². The van der Waals surface area contributed by atoms with Crippen LogP contribution in [0.3, 0.4) is 0 Å². The van der Waals surface area contributed by atoms with E-state index in [-0.39, 0.29) is 0 Å². The Morgan fingerprint density at radius 3 is 2.52 bits per heavy atom. The number of alkyl halides is 3. The van der Waals surface area contributed by atoms with Gasteiger partial charge in [0.2, 0.25) is 0 Å². The van der Waals surface area contributed by atoms with E-state index in [1.54, 1.807) is 25.3 Å². The second kappa shape index (κ2) is 7.72. The van der Waals surface area contributed by atoms with Gasteiger partial charge in [-0.3, -0.25) is 4.99 Å². The van der Waals surface area contributed by atoms with Gasteiger partial charge in [-0.25, -0.2) is 0 Å². The summed E-state index contributed by atoms with van der Waals surface area (Å²) in [6, 6.07) is 5.80. The molecule has 1 aliphatic rings. The average molecular weight is 348 g/mol. The van der Waals surface area contributed by atoms with Crippen LogP contribution in [0.2, 0.25) is 0 Å². The van der Waals surface area contributed by atoms with Crippen molar-refractivity contribution >= 4 is 11.4 Å². The van der Waals surface area contributed by atoms with Crippen LogP contribution in [0.15, 0.2) is 59.3 Å². The molecular weight excluding hydrogens is 325 g/mol. The highest BCUT2D eigenvalue weighted by atomic mass is 19.4. The Morgan fingerprint density at radius 2 is 1.92 bits per heavy atom. The molecule has 0 bridgehead atoms. The number of allylic oxidation sites excluding steroid dienone is 4. The topological polar surface area (TPSA) is 24.4 Å². The van der Waals surface area contributed by atoms with Crippen LogP contribution in [0.4, 0.5) is 13.2 Å². The van der Waals surface area contributed by atoms with E-state index in [0.29, 0.717) is 11.6 Å². The summed E-state index contributed by atoms with van der Waals surface area (Å²) in [5.41, 5.74) is 2.24. The predicted molar refractivity (Wildman–Crippen MR) is 97.3 cm³/mol. The standard InChI is InChI=1S/C20H23F3N2/c1-13(10-11-24-16(4)25-19-8-9-19)14(2)15(3)17-6-5-7-18(12-17)20(21,22)23/h5-7,10-12,19H,1,8-9H2,2-4H3,(H,24,25)/b11-10-,15-14-. The van der Waals surface area contributed by atoms with Crippen LogP contribution in [0.25, 0.3) is 5.57 Å². The highest BCUT2D eigenvalue weighted by Gasteiger charge is 2.30. The monoisotopic (exact) mass is 348 g/mol. The smallest absolute Gasteiger partial charge is 0.351 e. The Morgan fingerprint density at radius 1 is 1.24 bits per heavy atom. The van der Waals surface area contributed by atoms with Crippen molar-refractivity contribution in [2.24, 2.45) is 4.99 Å². The van der Waals surface area contributed by atoms with Gasteiger partial charge in [-0.1, -0.05) is 18.7 Å². The summed E-state index contributed by atoms with van der Waals surface area (Å²) in [6.45, 7) is 9.56. The quantitative estimate of drug-likeness (QED) is 0.410. The molecule has 25 heavy (non-hydrogen) atoms. The second-order valence-electron chi connectivity index (χ2n) is 6.28. The number of aliphatic imine (C=N–C) groups is 1. The fourth-order valence-corrected chi connectivity index (χ4v) is 2.29. The molecule has 0 atom stereocenters. The first-order valence-electron chi connectivity index (χ1n) is 8.20. The third-order valence-electron chi connectivity index (χ3n) is 4.17. The van der Waals surface area contributed by atoms with E-state index in [9.17, 15) is 13.2 Å². The molecule has 0 aromatic heterocycles. The second-order valence-corrected chi connectivity index (χ2v) is 6.28. The molecule has 0 heterocycles. The number of amidine groups is 1. The third kappa shape index (κ3) is 5.62. The van der Waals surface area contributed by atoms with Crippen LogP contribution in [0.1, 0.15) is 44.7 Å². The highest BCUT2D eigenvalue weighted by Crippen LogP contribution is 2.32. The summed E-state index contributed by atoms with van der Waals surface area (Å²) >= 11 is 0. The molecule has 0 amide bonds. The van der Waals surface area contributed by atoms with Crippen LogP contribution in [0.5, 0.6) is 0 Å². The number of halogens is 3. The molecule has 0 radical (unpaired) electrons. The minimum Gasteiger partial charge on any atom is -0.351 e. The summed E-state index contributed by atoms with van der Waals surface area (Å²) in [5.74, 6) is 0.850. The Balaban J connectivity index is 2.10. The van der Waals surface area contributed by atoms with Crippen molar-refractivity contribution in [3.63, 3.8) is 0 Å². The van der Waals surface area contributed by atoms with Crippen LogP contribution >= 0.6 is 0 Å².